The highest BCUT2D eigenvalue weighted by molar-refractivity contribution is 6.42. The van der Waals surface area contributed by atoms with Gasteiger partial charge in [0.2, 0.25) is 5.91 Å². The first-order valence-corrected chi connectivity index (χ1v) is 7.50. The molecule has 106 valence electrons. The number of aromatic nitrogens is 2. The highest BCUT2D eigenvalue weighted by Crippen LogP contribution is 2.27. The van der Waals surface area contributed by atoms with Gasteiger partial charge in [-0.25, -0.2) is 4.98 Å². The maximum absolute atomic E-state index is 11.9. The molecule has 0 aliphatic heterocycles. The first-order chi connectivity index (χ1) is 9.63. The van der Waals surface area contributed by atoms with Crippen molar-refractivity contribution >= 4 is 40.1 Å². The summed E-state index contributed by atoms with van der Waals surface area (Å²) >= 11 is 11.9. The van der Waals surface area contributed by atoms with E-state index < -0.39 is 0 Å². The Labute approximate surface area is 126 Å². The Morgan fingerprint density at radius 3 is 2.75 bits per heavy atom. The molecular formula is C14H15Cl2N3O. The average Bonchev–Trinajstić information content (AvgIpc) is 3.05. The van der Waals surface area contributed by atoms with Gasteiger partial charge < -0.3 is 10.3 Å². The number of imidazole rings is 1. The Kier molecular flexibility index (Phi) is 3.85. The molecule has 1 amide bonds. The molecule has 0 radical (unpaired) electrons. The number of H-pyrrole nitrogens is 1. The molecule has 4 nitrogen and oxygen atoms in total. The molecule has 0 unspecified atom stereocenters. The number of nitrogens with zero attached hydrogens (tertiary/aromatic N) is 1. The van der Waals surface area contributed by atoms with Crippen molar-refractivity contribution < 1.29 is 4.79 Å². The number of benzene rings is 1. The van der Waals surface area contributed by atoms with E-state index in [1.807, 2.05) is 0 Å². The normalized spacial score (nSPS) is 15.9. The smallest absolute Gasteiger partial charge is 0.223 e. The molecule has 1 aliphatic carbocycles. The SMILES string of the molecule is O=C(NCc1nc2cc(Cl)c(Cl)cc2[nH]1)C1CCCC1. The van der Waals surface area contributed by atoms with Gasteiger partial charge in [-0.2, -0.15) is 0 Å². The number of rotatable bonds is 3. The molecule has 1 aliphatic rings. The van der Waals surface area contributed by atoms with E-state index in [9.17, 15) is 4.79 Å². The van der Waals surface area contributed by atoms with Gasteiger partial charge in [0.1, 0.15) is 5.82 Å². The third-order valence-electron chi connectivity index (χ3n) is 3.73. The van der Waals surface area contributed by atoms with Crippen molar-refractivity contribution in [1.29, 1.82) is 0 Å². The molecule has 1 aromatic heterocycles. The molecule has 3 rings (SSSR count). The van der Waals surface area contributed by atoms with E-state index >= 15 is 0 Å². The maximum atomic E-state index is 11.9. The number of aromatic amines is 1. The third kappa shape index (κ3) is 2.76. The molecule has 0 saturated heterocycles. The van der Waals surface area contributed by atoms with Crippen LogP contribution in [0.15, 0.2) is 12.1 Å². The lowest BCUT2D eigenvalue weighted by atomic mass is 10.1. The first-order valence-electron chi connectivity index (χ1n) is 6.75. The van der Waals surface area contributed by atoms with Crippen LogP contribution in [-0.2, 0) is 11.3 Å². The number of halogens is 2. The van der Waals surface area contributed by atoms with Gasteiger partial charge in [0.25, 0.3) is 0 Å². The molecule has 20 heavy (non-hydrogen) atoms. The van der Waals surface area contributed by atoms with Crippen molar-refractivity contribution in [2.75, 3.05) is 0 Å². The van der Waals surface area contributed by atoms with Gasteiger partial charge in [-0.1, -0.05) is 36.0 Å². The highest BCUT2D eigenvalue weighted by atomic mass is 35.5. The van der Waals surface area contributed by atoms with Crippen LogP contribution in [0, 0.1) is 5.92 Å². The fourth-order valence-corrected chi connectivity index (χ4v) is 2.97. The third-order valence-corrected chi connectivity index (χ3v) is 4.45. The van der Waals surface area contributed by atoms with Crippen LogP contribution < -0.4 is 5.32 Å². The second-order valence-electron chi connectivity index (χ2n) is 5.17. The van der Waals surface area contributed by atoms with E-state index in [4.69, 9.17) is 23.2 Å². The molecular weight excluding hydrogens is 297 g/mol. The first kappa shape index (κ1) is 13.7. The van der Waals surface area contributed by atoms with Gasteiger partial charge in [-0.05, 0) is 25.0 Å². The number of nitrogens with one attached hydrogen (secondary N) is 2. The van der Waals surface area contributed by atoms with Gasteiger partial charge >= 0.3 is 0 Å². The Bertz CT molecular complexity index is 608. The Morgan fingerprint density at radius 1 is 1.30 bits per heavy atom. The molecule has 1 fully saturated rings. The number of hydrogen-bond acceptors (Lipinski definition) is 2. The maximum Gasteiger partial charge on any atom is 0.223 e. The molecule has 1 saturated carbocycles. The molecule has 2 aromatic rings. The summed E-state index contributed by atoms with van der Waals surface area (Å²) in [6, 6.07) is 3.46. The van der Waals surface area contributed by atoms with Crippen LogP contribution in [0.4, 0.5) is 0 Å². The van der Waals surface area contributed by atoms with E-state index in [1.54, 1.807) is 12.1 Å². The number of carbonyl (C=O) groups is 1. The number of fused-ring (bicyclic) bond motifs is 1. The van der Waals surface area contributed by atoms with Crippen LogP contribution in [-0.4, -0.2) is 15.9 Å². The van der Waals surface area contributed by atoms with E-state index in [0.717, 1.165) is 36.7 Å². The second kappa shape index (κ2) is 5.62. The minimum Gasteiger partial charge on any atom is -0.349 e. The molecule has 2 N–H and O–H groups in total. The predicted octanol–water partition coefficient (Wildman–Crippen LogP) is 3.68. The predicted molar refractivity (Wildman–Crippen MR) is 79.9 cm³/mol. The summed E-state index contributed by atoms with van der Waals surface area (Å²) < 4.78 is 0. The molecule has 0 spiro atoms. The quantitative estimate of drug-likeness (QED) is 0.908. The summed E-state index contributed by atoms with van der Waals surface area (Å²) in [4.78, 5) is 19.5. The fraction of sp³-hybridized carbons (Fsp3) is 0.429. The van der Waals surface area contributed by atoms with Crippen LogP contribution in [0.2, 0.25) is 10.0 Å². The fourth-order valence-electron chi connectivity index (χ4n) is 2.64. The van der Waals surface area contributed by atoms with E-state index in [0.29, 0.717) is 22.4 Å². The van der Waals surface area contributed by atoms with Crippen molar-refractivity contribution in [3.05, 3.63) is 28.0 Å². The summed E-state index contributed by atoms with van der Waals surface area (Å²) in [5.74, 6) is 1.01. The minimum absolute atomic E-state index is 0.124. The Balaban J connectivity index is 1.69. The van der Waals surface area contributed by atoms with Crippen LogP contribution in [0.25, 0.3) is 11.0 Å². The minimum atomic E-state index is 0.124. The largest absolute Gasteiger partial charge is 0.349 e. The number of hydrogen-bond donors (Lipinski definition) is 2. The van der Waals surface area contributed by atoms with Crippen molar-refractivity contribution in [3.8, 4) is 0 Å². The van der Waals surface area contributed by atoms with Crippen LogP contribution in [0.1, 0.15) is 31.5 Å². The Morgan fingerprint density at radius 2 is 2.00 bits per heavy atom. The van der Waals surface area contributed by atoms with Crippen molar-refractivity contribution in [3.63, 3.8) is 0 Å². The standard InChI is InChI=1S/C14H15Cl2N3O/c15-9-5-11-12(6-10(9)16)19-13(18-11)7-17-14(20)8-3-1-2-4-8/h5-6,8H,1-4,7H2,(H,17,20)(H,18,19). The van der Waals surface area contributed by atoms with Crippen LogP contribution >= 0.6 is 23.2 Å². The molecule has 0 atom stereocenters. The average molecular weight is 312 g/mol. The molecule has 6 heteroatoms. The zero-order valence-corrected chi connectivity index (χ0v) is 12.4. The van der Waals surface area contributed by atoms with Crippen molar-refractivity contribution in [1.82, 2.24) is 15.3 Å². The van der Waals surface area contributed by atoms with E-state index in [-0.39, 0.29) is 11.8 Å². The second-order valence-corrected chi connectivity index (χ2v) is 5.98. The number of amides is 1. The van der Waals surface area contributed by atoms with Gasteiger partial charge in [0.15, 0.2) is 0 Å². The summed E-state index contributed by atoms with van der Waals surface area (Å²) in [7, 11) is 0. The summed E-state index contributed by atoms with van der Waals surface area (Å²) in [6.45, 7) is 0.402. The van der Waals surface area contributed by atoms with Gasteiger partial charge in [0, 0.05) is 5.92 Å². The van der Waals surface area contributed by atoms with Gasteiger partial charge in [-0.15, -0.1) is 0 Å². The molecule has 1 heterocycles. The number of carbonyl (C=O) groups excluding carboxylic acids is 1. The summed E-state index contributed by atoms with van der Waals surface area (Å²) in [6.07, 6.45) is 4.30. The van der Waals surface area contributed by atoms with E-state index in [2.05, 4.69) is 15.3 Å². The molecule has 1 aromatic carbocycles. The van der Waals surface area contributed by atoms with Gasteiger partial charge in [-0.3, -0.25) is 4.79 Å². The topological polar surface area (TPSA) is 57.8 Å². The van der Waals surface area contributed by atoms with Crippen LogP contribution in [0.3, 0.4) is 0 Å². The van der Waals surface area contributed by atoms with Gasteiger partial charge in [0.05, 0.1) is 27.6 Å². The van der Waals surface area contributed by atoms with E-state index in [1.165, 1.54) is 0 Å². The van der Waals surface area contributed by atoms with Crippen LogP contribution in [0.5, 0.6) is 0 Å². The lowest BCUT2D eigenvalue weighted by Gasteiger charge is -2.08. The lowest BCUT2D eigenvalue weighted by molar-refractivity contribution is -0.125. The molecule has 0 bridgehead atoms. The highest BCUT2D eigenvalue weighted by Gasteiger charge is 2.22. The lowest BCUT2D eigenvalue weighted by Crippen LogP contribution is -2.29. The monoisotopic (exact) mass is 311 g/mol. The zero-order valence-electron chi connectivity index (χ0n) is 10.9. The van der Waals surface area contributed by atoms with Crippen molar-refractivity contribution in [2.24, 2.45) is 5.92 Å². The summed E-state index contributed by atoms with van der Waals surface area (Å²) in [5.41, 5.74) is 1.58. The summed E-state index contributed by atoms with van der Waals surface area (Å²) in [5, 5.41) is 3.90. The zero-order chi connectivity index (χ0) is 14.1. The van der Waals surface area contributed by atoms with Crippen molar-refractivity contribution in [2.45, 2.75) is 32.2 Å². The Hall–Kier alpha value is -1.26.